The van der Waals surface area contributed by atoms with Crippen LogP contribution in [-0.2, 0) is 60.8 Å². The number of carbonyl (C=O) groups is 10. The molecule has 0 saturated carbocycles. The molecule has 3 aliphatic rings. The highest BCUT2D eigenvalue weighted by molar-refractivity contribution is 6.00. The summed E-state index contributed by atoms with van der Waals surface area (Å²) in [6.07, 6.45) is 1.85. The maximum atomic E-state index is 14.7. The number of fused-ring (bicyclic) bond motifs is 2. The molecule has 0 spiro atoms. The van der Waals surface area contributed by atoms with E-state index < -0.39 is 131 Å². The zero-order valence-corrected chi connectivity index (χ0v) is 45.9. The van der Waals surface area contributed by atoms with Crippen molar-refractivity contribution >= 4 is 59.1 Å². The van der Waals surface area contributed by atoms with Crippen molar-refractivity contribution in [2.45, 2.75) is 181 Å². The smallest absolute Gasteiger partial charge is 0.246 e. The second-order valence-electron chi connectivity index (χ2n) is 22.2. The molecule has 20 heteroatoms. The first-order valence-corrected chi connectivity index (χ1v) is 27.1. The lowest BCUT2D eigenvalue weighted by molar-refractivity contribution is -0.143. The van der Waals surface area contributed by atoms with Gasteiger partial charge in [0.2, 0.25) is 59.1 Å². The van der Waals surface area contributed by atoms with Crippen LogP contribution < -0.4 is 42.5 Å². The molecule has 10 amide bonds. The quantitative estimate of drug-likeness (QED) is 0.171. The summed E-state index contributed by atoms with van der Waals surface area (Å²) in [7, 11) is 0. The third-order valence-electron chi connectivity index (χ3n) is 14.1. The molecular weight excluding hydrogens is 973 g/mol. The molecule has 20 nitrogen and oxygen atoms in total. The van der Waals surface area contributed by atoms with Gasteiger partial charge in [-0.1, -0.05) is 116 Å². The Labute approximate surface area is 447 Å². The molecule has 8 N–H and O–H groups in total. The van der Waals surface area contributed by atoms with Crippen molar-refractivity contribution in [3.8, 4) is 0 Å². The first-order chi connectivity index (χ1) is 35.9. The fraction of sp³-hybridized carbons (Fsp3) is 0.607. The van der Waals surface area contributed by atoms with Crippen LogP contribution in [-0.4, -0.2) is 142 Å². The normalized spacial score (nSPS) is 27.7. The number of amides is 10. The summed E-state index contributed by atoms with van der Waals surface area (Å²) in [6.45, 7) is 17.6. The van der Waals surface area contributed by atoms with Crippen LogP contribution >= 0.6 is 0 Å². The van der Waals surface area contributed by atoms with Gasteiger partial charge in [0.05, 0.1) is 0 Å². The van der Waals surface area contributed by atoms with Gasteiger partial charge in [0.1, 0.15) is 60.4 Å². The molecule has 3 fully saturated rings. The number of nitrogens with zero attached hydrogens (tertiary/aromatic N) is 2. The lowest BCUT2D eigenvalue weighted by Gasteiger charge is -2.32. The van der Waals surface area contributed by atoms with E-state index >= 15 is 0 Å². The van der Waals surface area contributed by atoms with Crippen LogP contribution in [0.25, 0.3) is 0 Å². The second kappa shape index (κ2) is 27.8. The fourth-order valence-electron chi connectivity index (χ4n) is 9.96. The summed E-state index contributed by atoms with van der Waals surface area (Å²) >= 11 is 0. The second-order valence-corrected chi connectivity index (χ2v) is 22.2. The van der Waals surface area contributed by atoms with Gasteiger partial charge in [-0.2, -0.15) is 0 Å². The monoisotopic (exact) mass is 1050 g/mol. The standard InChI is InChI=1S/C56H82N10O10/c1-31(2)27-39-49(69)61-41(29-37-19-13-11-14-20-37)55(75)65-25-17-23-43(65)51(71)64-46(34(7)8)54(74)58-36(10)48(68)60-40(28-32(3)4)50(70)62-42(30-38-21-15-12-16-22-38)56(76)66-26-18-24-44(66)52(72)63-45(33(5)6)53(73)57-35(9)47(67)59-39/h11-16,19-22,31-36,39-46H,17-18,23-30H2,1-10H3,(H,57,73)(H,58,74)(H,59,67)(H,60,68)(H,61,69)(H,62,70)(H,63,72)(H,64,71)/t35-,36-,39-,40-,41+,42+,43-,44-,45-,46-/m0/s1. The third-order valence-corrected chi connectivity index (χ3v) is 14.1. The van der Waals surface area contributed by atoms with Gasteiger partial charge in [-0.25, -0.2) is 0 Å². The molecule has 2 aromatic rings. The van der Waals surface area contributed by atoms with E-state index in [1.165, 1.54) is 23.6 Å². The predicted molar refractivity (Wildman–Crippen MR) is 285 cm³/mol. The molecule has 2 aromatic carbocycles. The maximum absolute atomic E-state index is 14.7. The maximum Gasteiger partial charge on any atom is 0.246 e. The van der Waals surface area contributed by atoms with E-state index in [2.05, 4.69) is 42.5 Å². The summed E-state index contributed by atoms with van der Waals surface area (Å²) in [6, 6.07) is 6.60. The summed E-state index contributed by atoms with van der Waals surface area (Å²) in [4.78, 5) is 145. The van der Waals surface area contributed by atoms with E-state index in [1.54, 1.807) is 76.2 Å². The Hall–Kier alpha value is -6.86. The molecule has 0 bridgehead atoms. The van der Waals surface area contributed by atoms with Crippen LogP contribution in [0.1, 0.15) is 119 Å². The van der Waals surface area contributed by atoms with Crippen LogP contribution in [0.4, 0.5) is 0 Å². The van der Waals surface area contributed by atoms with Crippen LogP contribution in [0.5, 0.6) is 0 Å². The predicted octanol–water partition coefficient (Wildman–Crippen LogP) is 1.79. The van der Waals surface area contributed by atoms with Gasteiger partial charge in [-0.05, 0) is 87.2 Å². The number of hydrogen-bond acceptors (Lipinski definition) is 10. The van der Waals surface area contributed by atoms with Crippen molar-refractivity contribution < 1.29 is 47.9 Å². The van der Waals surface area contributed by atoms with Gasteiger partial charge >= 0.3 is 0 Å². The molecule has 0 aromatic heterocycles. The average Bonchev–Trinajstić information content (AvgIpc) is 4.07. The minimum absolute atomic E-state index is 0.0467. The Balaban J connectivity index is 1.52. The van der Waals surface area contributed by atoms with Crippen molar-refractivity contribution in [2.75, 3.05) is 13.1 Å². The summed E-state index contributed by atoms with van der Waals surface area (Å²) < 4.78 is 0. The first-order valence-electron chi connectivity index (χ1n) is 27.1. The van der Waals surface area contributed by atoms with Gasteiger partial charge < -0.3 is 52.3 Å². The van der Waals surface area contributed by atoms with Gasteiger partial charge in [-0.15, -0.1) is 0 Å². The number of benzene rings is 2. The molecule has 0 radical (unpaired) electrons. The SMILES string of the molecule is CC(C)C[C@@H]1NC(=O)[C@H](C)NC(=O)[C@H](C(C)C)NC(=O)[C@@H]2CCCN2C(=O)[C@@H](Cc2ccccc2)NC(=O)[C@H](CC(C)C)NC(=O)[C@H](C)NC(=O)[C@H](C(C)C)NC(=O)[C@@H]2CCCN2C(=O)[C@@H](Cc2ccccc2)NC1=O. The van der Waals surface area contributed by atoms with E-state index in [0.29, 0.717) is 12.8 Å². The highest BCUT2D eigenvalue weighted by Crippen LogP contribution is 2.23. The van der Waals surface area contributed by atoms with Crippen LogP contribution in [0.3, 0.4) is 0 Å². The van der Waals surface area contributed by atoms with Crippen molar-refractivity contribution in [3.05, 3.63) is 71.8 Å². The Morgan fingerprint density at radius 2 is 0.737 bits per heavy atom. The molecule has 10 atom stereocenters. The lowest BCUT2D eigenvalue weighted by Crippen LogP contribution is -2.62. The van der Waals surface area contributed by atoms with Gasteiger partial charge in [0.15, 0.2) is 0 Å². The zero-order valence-electron chi connectivity index (χ0n) is 45.9. The zero-order chi connectivity index (χ0) is 56.0. The molecule has 5 rings (SSSR count). The van der Waals surface area contributed by atoms with Crippen molar-refractivity contribution in [2.24, 2.45) is 23.7 Å². The molecule has 0 aliphatic carbocycles. The first kappa shape index (κ1) is 60.0. The summed E-state index contributed by atoms with van der Waals surface area (Å²) in [5.74, 6) is -7.54. The Morgan fingerprint density at radius 3 is 1.05 bits per heavy atom. The Bertz CT molecular complexity index is 2220. The van der Waals surface area contributed by atoms with Gasteiger partial charge in [0, 0.05) is 25.9 Å². The lowest BCUT2D eigenvalue weighted by atomic mass is 9.99. The minimum atomic E-state index is -1.20. The van der Waals surface area contributed by atoms with Crippen molar-refractivity contribution in [1.82, 2.24) is 52.3 Å². The van der Waals surface area contributed by atoms with Crippen LogP contribution in [0, 0.1) is 23.7 Å². The molecule has 416 valence electrons. The molecule has 3 heterocycles. The number of rotatable bonds is 10. The largest absolute Gasteiger partial charge is 0.343 e. The van der Waals surface area contributed by atoms with E-state index in [-0.39, 0.29) is 63.5 Å². The van der Waals surface area contributed by atoms with E-state index in [9.17, 15) is 47.9 Å². The molecular formula is C56H82N10O10. The Morgan fingerprint density at radius 1 is 0.408 bits per heavy atom. The van der Waals surface area contributed by atoms with Crippen LogP contribution in [0.2, 0.25) is 0 Å². The van der Waals surface area contributed by atoms with E-state index in [0.717, 1.165) is 11.1 Å². The van der Waals surface area contributed by atoms with Crippen molar-refractivity contribution in [3.63, 3.8) is 0 Å². The average molecular weight is 1060 g/mol. The Kier molecular flexibility index (Phi) is 21.9. The fourth-order valence-corrected chi connectivity index (χ4v) is 9.96. The summed E-state index contributed by atoms with van der Waals surface area (Å²) in [5.41, 5.74) is 1.44. The number of carbonyl (C=O) groups excluding carboxylic acids is 10. The molecule has 0 unspecified atom stereocenters. The van der Waals surface area contributed by atoms with E-state index in [1.807, 2.05) is 39.8 Å². The molecule has 3 aliphatic heterocycles. The van der Waals surface area contributed by atoms with Gasteiger partial charge in [0.25, 0.3) is 0 Å². The topological polar surface area (TPSA) is 273 Å². The third kappa shape index (κ3) is 16.6. The van der Waals surface area contributed by atoms with Gasteiger partial charge in [-0.3, -0.25) is 47.9 Å². The minimum Gasteiger partial charge on any atom is -0.343 e. The van der Waals surface area contributed by atoms with Crippen molar-refractivity contribution in [1.29, 1.82) is 0 Å². The molecule has 76 heavy (non-hydrogen) atoms. The van der Waals surface area contributed by atoms with E-state index in [4.69, 9.17) is 0 Å². The highest BCUT2D eigenvalue weighted by atomic mass is 16.2. The number of hydrogen-bond donors (Lipinski definition) is 8. The summed E-state index contributed by atoms with van der Waals surface area (Å²) in [5, 5.41) is 22.3. The highest BCUT2D eigenvalue weighted by Gasteiger charge is 2.43. The molecule has 3 saturated heterocycles. The van der Waals surface area contributed by atoms with Crippen LogP contribution in [0.15, 0.2) is 60.7 Å². The number of nitrogens with one attached hydrogen (secondary N) is 8.